The lowest BCUT2D eigenvalue weighted by Gasteiger charge is -2.44. The van der Waals surface area contributed by atoms with Gasteiger partial charge in [0, 0.05) is 5.56 Å². The SMILES string of the molecule is CCCC[N+]1(CC)CSCC1(O)c1ccc(Cl)c(S(=O)(=O)N=Nc2ccccc2)c1. The van der Waals surface area contributed by atoms with Crippen LogP contribution < -0.4 is 0 Å². The van der Waals surface area contributed by atoms with E-state index in [-0.39, 0.29) is 9.92 Å². The van der Waals surface area contributed by atoms with E-state index in [1.54, 1.807) is 42.1 Å². The van der Waals surface area contributed by atoms with Crippen molar-refractivity contribution in [3.8, 4) is 0 Å². The molecule has 0 aliphatic carbocycles. The van der Waals surface area contributed by atoms with Crippen LogP contribution in [0.1, 0.15) is 32.3 Å². The van der Waals surface area contributed by atoms with E-state index in [0.717, 1.165) is 31.8 Å². The molecule has 0 amide bonds. The van der Waals surface area contributed by atoms with E-state index in [0.29, 0.717) is 21.5 Å². The predicted octanol–water partition coefficient (Wildman–Crippen LogP) is 5.30. The number of halogens is 1. The Hall–Kier alpha value is -1.45. The van der Waals surface area contributed by atoms with Gasteiger partial charge in [-0.25, -0.2) is 0 Å². The molecule has 1 aliphatic rings. The maximum absolute atomic E-state index is 12.9. The zero-order valence-electron chi connectivity index (χ0n) is 17.2. The first-order valence-electron chi connectivity index (χ1n) is 9.97. The van der Waals surface area contributed by atoms with E-state index in [4.69, 9.17) is 11.6 Å². The van der Waals surface area contributed by atoms with Crippen LogP contribution in [0.3, 0.4) is 0 Å². The molecule has 30 heavy (non-hydrogen) atoms. The third-order valence-corrected chi connectivity index (χ3v) is 8.58. The fourth-order valence-electron chi connectivity index (χ4n) is 3.77. The largest absolute Gasteiger partial charge is 0.338 e. The molecule has 0 spiro atoms. The standard InChI is InChI=1S/C21H27ClN3O3S2/c1-3-5-13-25(4-2)16-29-15-21(25,26)17-11-12-19(22)20(14-17)30(27,28)24-23-18-9-7-6-8-10-18/h6-12,14,26H,3-5,13,15-16H2,1-2H3/q+1. The molecule has 162 valence electrons. The second-order valence-corrected chi connectivity index (χ2v) is 10.4. The number of unbranched alkanes of at least 4 members (excludes halogenated alkanes) is 1. The van der Waals surface area contributed by atoms with Crippen molar-refractivity contribution in [2.75, 3.05) is 24.7 Å². The van der Waals surface area contributed by atoms with Gasteiger partial charge in [0.25, 0.3) is 0 Å². The van der Waals surface area contributed by atoms with Gasteiger partial charge in [-0.1, -0.05) is 59.4 Å². The third-order valence-electron chi connectivity index (χ3n) is 5.66. The van der Waals surface area contributed by atoms with E-state index >= 15 is 0 Å². The highest BCUT2D eigenvalue weighted by Gasteiger charge is 2.54. The second-order valence-electron chi connectivity index (χ2n) is 7.47. The van der Waals surface area contributed by atoms with Crippen molar-refractivity contribution in [3.05, 3.63) is 59.1 Å². The van der Waals surface area contributed by atoms with Crippen LogP contribution in [-0.4, -0.2) is 42.7 Å². The first-order valence-corrected chi connectivity index (χ1v) is 12.9. The van der Waals surface area contributed by atoms with Gasteiger partial charge in [0.15, 0.2) is 0 Å². The molecule has 2 unspecified atom stereocenters. The minimum absolute atomic E-state index is 0.0585. The zero-order valence-corrected chi connectivity index (χ0v) is 19.6. The molecule has 1 saturated heterocycles. The minimum atomic E-state index is -4.13. The van der Waals surface area contributed by atoms with Crippen LogP contribution in [-0.2, 0) is 15.7 Å². The first kappa shape index (κ1) is 23.2. The Bertz CT molecular complexity index is 1020. The number of rotatable bonds is 8. The van der Waals surface area contributed by atoms with Crippen LogP contribution in [0, 0.1) is 0 Å². The molecule has 2 aromatic rings. The van der Waals surface area contributed by atoms with E-state index in [9.17, 15) is 13.5 Å². The molecule has 2 atom stereocenters. The van der Waals surface area contributed by atoms with Crippen LogP contribution in [0.25, 0.3) is 0 Å². The van der Waals surface area contributed by atoms with Gasteiger partial charge in [0.2, 0.25) is 5.72 Å². The van der Waals surface area contributed by atoms with Crippen LogP contribution >= 0.6 is 23.4 Å². The molecule has 2 aromatic carbocycles. The van der Waals surface area contributed by atoms with Crippen molar-refractivity contribution in [1.29, 1.82) is 0 Å². The van der Waals surface area contributed by atoms with Crippen molar-refractivity contribution in [3.63, 3.8) is 0 Å². The molecule has 9 heteroatoms. The Balaban J connectivity index is 2.01. The maximum Gasteiger partial charge on any atom is 0.301 e. The highest BCUT2D eigenvalue weighted by molar-refractivity contribution is 7.99. The monoisotopic (exact) mass is 468 g/mol. The molecule has 6 nitrogen and oxygen atoms in total. The van der Waals surface area contributed by atoms with Crippen molar-refractivity contribution in [1.82, 2.24) is 0 Å². The van der Waals surface area contributed by atoms with E-state index in [1.807, 2.05) is 6.07 Å². The molecule has 1 fully saturated rings. The van der Waals surface area contributed by atoms with Crippen molar-refractivity contribution in [2.24, 2.45) is 9.63 Å². The normalized spacial score (nSPS) is 24.5. The summed E-state index contributed by atoms with van der Waals surface area (Å²) in [5.41, 5.74) is -0.205. The topological polar surface area (TPSA) is 79.1 Å². The summed E-state index contributed by atoms with van der Waals surface area (Å²) in [7, 11) is -4.13. The molecule has 0 radical (unpaired) electrons. The van der Waals surface area contributed by atoms with Crippen LogP contribution in [0.4, 0.5) is 5.69 Å². The lowest BCUT2D eigenvalue weighted by atomic mass is 9.99. The quantitative estimate of drug-likeness (QED) is 0.421. The van der Waals surface area contributed by atoms with Gasteiger partial charge in [-0.2, -0.15) is 8.42 Å². The summed E-state index contributed by atoms with van der Waals surface area (Å²) < 4.78 is 29.8. The van der Waals surface area contributed by atoms with Gasteiger partial charge in [-0.3, -0.25) is 4.48 Å². The number of hydrogen-bond donors (Lipinski definition) is 1. The third kappa shape index (κ3) is 4.43. The molecule has 0 bridgehead atoms. The summed E-state index contributed by atoms with van der Waals surface area (Å²) >= 11 is 7.91. The van der Waals surface area contributed by atoms with E-state index in [1.165, 1.54) is 12.1 Å². The molecule has 1 aliphatic heterocycles. The van der Waals surface area contributed by atoms with Gasteiger partial charge in [0.1, 0.15) is 10.8 Å². The molecular weight excluding hydrogens is 442 g/mol. The fraction of sp³-hybridized carbons (Fsp3) is 0.429. The first-order chi connectivity index (χ1) is 14.3. The lowest BCUT2D eigenvalue weighted by molar-refractivity contribution is -0.989. The van der Waals surface area contributed by atoms with Crippen LogP contribution in [0.5, 0.6) is 0 Å². The number of thioether (sulfide) groups is 1. The zero-order chi connectivity index (χ0) is 21.8. The Morgan fingerprint density at radius 1 is 1.20 bits per heavy atom. The number of benzene rings is 2. The van der Waals surface area contributed by atoms with Crippen LogP contribution in [0.15, 0.2) is 63.1 Å². The number of hydrogen-bond acceptors (Lipinski definition) is 5. The number of sulfonamides is 1. The summed E-state index contributed by atoms with van der Waals surface area (Å²) in [4.78, 5) is -0.142. The predicted molar refractivity (Wildman–Crippen MR) is 121 cm³/mol. The fourth-order valence-corrected chi connectivity index (χ4v) is 6.76. The Morgan fingerprint density at radius 3 is 2.60 bits per heavy atom. The minimum Gasteiger partial charge on any atom is -0.338 e. The molecule has 3 rings (SSSR count). The summed E-state index contributed by atoms with van der Waals surface area (Å²) in [6, 6.07) is 13.3. The summed E-state index contributed by atoms with van der Waals surface area (Å²) in [5, 5.41) is 15.6. The molecule has 0 aromatic heterocycles. The van der Waals surface area contributed by atoms with Crippen molar-refractivity contribution < 1.29 is 18.0 Å². The van der Waals surface area contributed by atoms with Gasteiger partial charge in [0.05, 0.1) is 29.6 Å². The lowest BCUT2D eigenvalue weighted by Crippen LogP contribution is -2.60. The number of quaternary nitrogens is 1. The van der Waals surface area contributed by atoms with Crippen molar-refractivity contribution >= 4 is 39.1 Å². The molecular formula is C21H27ClN3O3S2+. The average Bonchev–Trinajstić information content (AvgIpc) is 3.09. The van der Waals surface area contributed by atoms with Crippen LogP contribution in [0.2, 0.25) is 5.02 Å². The van der Waals surface area contributed by atoms with Gasteiger partial charge in [-0.15, -0.1) is 5.11 Å². The van der Waals surface area contributed by atoms with Crippen molar-refractivity contribution in [2.45, 2.75) is 37.3 Å². The number of aliphatic hydroxyl groups is 1. The smallest absolute Gasteiger partial charge is 0.301 e. The molecule has 1 heterocycles. The Morgan fingerprint density at radius 2 is 1.93 bits per heavy atom. The molecule has 1 N–H and O–H groups in total. The molecule has 0 saturated carbocycles. The summed E-state index contributed by atoms with van der Waals surface area (Å²) in [6.07, 6.45) is 2.02. The second kappa shape index (κ2) is 9.36. The average molecular weight is 469 g/mol. The van der Waals surface area contributed by atoms with E-state index in [2.05, 4.69) is 23.5 Å². The summed E-state index contributed by atoms with van der Waals surface area (Å²) in [5.74, 6) is 1.28. The maximum atomic E-state index is 12.9. The highest BCUT2D eigenvalue weighted by atomic mass is 35.5. The van der Waals surface area contributed by atoms with E-state index < -0.39 is 15.7 Å². The summed E-state index contributed by atoms with van der Waals surface area (Å²) in [6.45, 7) is 5.77. The van der Waals surface area contributed by atoms with Gasteiger partial charge < -0.3 is 5.11 Å². The van der Waals surface area contributed by atoms with Gasteiger partial charge >= 0.3 is 10.0 Å². The highest BCUT2D eigenvalue weighted by Crippen LogP contribution is 2.45. The Kier molecular flexibility index (Phi) is 7.24. The Labute approximate surface area is 187 Å². The number of nitrogens with zero attached hydrogens (tertiary/aromatic N) is 3. The van der Waals surface area contributed by atoms with Gasteiger partial charge in [-0.05, 0) is 43.7 Å².